The van der Waals surface area contributed by atoms with Gasteiger partial charge in [-0.05, 0) is 19.1 Å². The van der Waals surface area contributed by atoms with E-state index in [1.54, 1.807) is 0 Å². The van der Waals surface area contributed by atoms with Crippen LogP contribution < -0.4 is 5.73 Å². The molecule has 0 saturated heterocycles. The van der Waals surface area contributed by atoms with E-state index in [-0.39, 0.29) is 11.1 Å². The van der Waals surface area contributed by atoms with E-state index >= 15 is 0 Å². The van der Waals surface area contributed by atoms with E-state index in [0.29, 0.717) is 6.07 Å². The van der Waals surface area contributed by atoms with Crippen LogP contribution in [-0.2, 0) is 15.7 Å². The summed E-state index contributed by atoms with van der Waals surface area (Å²) in [7, 11) is 0. The molecular formula is C12H11BrF5NO3. The summed E-state index contributed by atoms with van der Waals surface area (Å²) in [6.45, 7) is 0.914. The summed E-state index contributed by atoms with van der Waals surface area (Å²) in [4.78, 5) is 11.2. The maximum Gasteiger partial charge on any atom is 0.420 e. The zero-order chi connectivity index (χ0) is 17.3. The molecule has 22 heavy (non-hydrogen) atoms. The van der Waals surface area contributed by atoms with Crippen LogP contribution in [0.15, 0.2) is 16.6 Å². The van der Waals surface area contributed by atoms with E-state index in [2.05, 4.69) is 20.7 Å². The van der Waals surface area contributed by atoms with Crippen LogP contribution in [0.2, 0.25) is 0 Å². The fourth-order valence-corrected chi connectivity index (χ4v) is 2.10. The highest BCUT2D eigenvalue weighted by atomic mass is 79.9. The highest BCUT2D eigenvalue weighted by Gasteiger charge is 2.49. The highest BCUT2D eigenvalue weighted by Crippen LogP contribution is 2.44. The Balaban J connectivity index is 3.38. The largest absolute Gasteiger partial charge is 0.507 e. The van der Waals surface area contributed by atoms with Crippen molar-refractivity contribution in [2.24, 2.45) is 5.73 Å². The molecule has 0 heterocycles. The lowest BCUT2D eigenvalue weighted by atomic mass is 9.97. The normalized spacial score (nSPS) is 13.8. The second kappa shape index (κ2) is 6.37. The average Bonchev–Trinajstić information content (AvgIpc) is 2.39. The number of aromatic hydroxyl groups is 1. The first-order valence-electron chi connectivity index (χ1n) is 5.83. The minimum Gasteiger partial charge on any atom is -0.507 e. The Labute approximate surface area is 130 Å². The molecule has 0 amide bonds. The minimum absolute atomic E-state index is 0.234. The molecule has 4 nitrogen and oxygen atoms in total. The Kier molecular flexibility index (Phi) is 5.39. The molecular weight excluding hydrogens is 381 g/mol. The summed E-state index contributed by atoms with van der Waals surface area (Å²) in [5, 5.41) is 9.59. The van der Waals surface area contributed by atoms with Gasteiger partial charge in [-0.1, -0.05) is 15.9 Å². The number of hydrogen-bond donors (Lipinski definition) is 2. The average molecular weight is 392 g/mol. The van der Waals surface area contributed by atoms with Crippen molar-refractivity contribution in [1.82, 2.24) is 0 Å². The van der Waals surface area contributed by atoms with Gasteiger partial charge in [0.25, 0.3) is 0 Å². The van der Waals surface area contributed by atoms with Crippen LogP contribution in [-0.4, -0.2) is 23.6 Å². The number of rotatable bonds is 4. The maximum absolute atomic E-state index is 13.8. The number of esters is 1. The molecule has 3 N–H and O–H groups in total. The summed E-state index contributed by atoms with van der Waals surface area (Å²) < 4.78 is 69.8. The fourth-order valence-electron chi connectivity index (χ4n) is 1.62. The van der Waals surface area contributed by atoms with E-state index in [1.807, 2.05) is 0 Å². The number of nitrogens with two attached hydrogens (primary N) is 1. The third-order valence-electron chi connectivity index (χ3n) is 2.68. The van der Waals surface area contributed by atoms with Gasteiger partial charge in [0.1, 0.15) is 11.8 Å². The number of phenolic OH excluding ortho intramolecular Hbond substituents is 1. The van der Waals surface area contributed by atoms with E-state index in [9.17, 15) is 31.9 Å². The number of halogens is 6. The Morgan fingerprint density at radius 2 is 1.91 bits per heavy atom. The van der Waals surface area contributed by atoms with Crippen molar-refractivity contribution >= 4 is 21.9 Å². The molecule has 0 aromatic heterocycles. The summed E-state index contributed by atoms with van der Waals surface area (Å²) in [6, 6.07) is -1.22. The molecule has 0 bridgehead atoms. The fraction of sp³-hybridized carbons (Fsp3) is 0.417. The third-order valence-corrected chi connectivity index (χ3v) is 3.14. The lowest BCUT2D eigenvalue weighted by Gasteiger charge is -2.24. The zero-order valence-corrected chi connectivity index (χ0v) is 12.6. The van der Waals surface area contributed by atoms with Crippen molar-refractivity contribution in [1.29, 1.82) is 0 Å². The summed E-state index contributed by atoms with van der Waals surface area (Å²) >= 11 is 2.71. The summed E-state index contributed by atoms with van der Waals surface area (Å²) in [6.07, 6.45) is -4.98. The van der Waals surface area contributed by atoms with Crippen molar-refractivity contribution in [2.45, 2.75) is 25.1 Å². The molecule has 0 aliphatic rings. The van der Waals surface area contributed by atoms with Gasteiger partial charge in [0.2, 0.25) is 0 Å². The van der Waals surface area contributed by atoms with E-state index < -0.39 is 41.0 Å². The summed E-state index contributed by atoms with van der Waals surface area (Å²) in [5.41, 5.74) is 2.71. The number of ether oxygens (including phenoxy) is 1. The molecule has 1 aromatic carbocycles. The number of carbonyl (C=O) groups excluding carboxylic acids is 1. The first-order chi connectivity index (χ1) is 9.92. The Bertz CT molecular complexity index is 577. The number of phenols is 1. The van der Waals surface area contributed by atoms with Crippen molar-refractivity contribution in [3.05, 3.63) is 27.7 Å². The quantitative estimate of drug-likeness (QED) is 0.609. The topological polar surface area (TPSA) is 72.5 Å². The Hall–Kier alpha value is -1.42. The molecule has 0 fully saturated rings. The molecule has 0 aliphatic heterocycles. The van der Waals surface area contributed by atoms with Crippen LogP contribution >= 0.6 is 15.9 Å². The molecule has 0 aliphatic carbocycles. The van der Waals surface area contributed by atoms with Gasteiger partial charge in [-0.2, -0.15) is 22.0 Å². The number of alkyl halides is 5. The minimum atomic E-state index is -4.98. The van der Waals surface area contributed by atoms with Gasteiger partial charge in [-0.3, -0.25) is 0 Å². The SMILES string of the molecule is CCOC(=O)C(F)(F)[C@@H](N)c1cc(Br)cc(C(F)(F)F)c1O. The lowest BCUT2D eigenvalue weighted by molar-refractivity contribution is -0.174. The molecule has 1 atom stereocenters. The van der Waals surface area contributed by atoms with E-state index in [4.69, 9.17) is 5.73 Å². The third kappa shape index (κ3) is 3.67. The Morgan fingerprint density at radius 3 is 2.36 bits per heavy atom. The van der Waals surface area contributed by atoms with Crippen LogP contribution in [0, 0.1) is 0 Å². The maximum atomic E-state index is 13.8. The molecule has 1 aromatic rings. The highest BCUT2D eigenvalue weighted by molar-refractivity contribution is 9.10. The molecule has 10 heteroatoms. The van der Waals surface area contributed by atoms with Gasteiger partial charge in [0.15, 0.2) is 0 Å². The van der Waals surface area contributed by atoms with Crippen molar-refractivity contribution in [3.8, 4) is 5.75 Å². The predicted molar refractivity (Wildman–Crippen MR) is 69.3 cm³/mol. The van der Waals surface area contributed by atoms with E-state index in [0.717, 1.165) is 6.07 Å². The van der Waals surface area contributed by atoms with Crippen LogP contribution in [0.3, 0.4) is 0 Å². The van der Waals surface area contributed by atoms with Crippen LogP contribution in [0.25, 0.3) is 0 Å². The standard InChI is InChI=1S/C12H11BrF5NO3/c1-2-22-10(21)11(14,15)9(19)6-3-5(13)4-7(8(6)20)12(16,17)18/h3-4,9,20H,2,19H2,1H3/t9-/m0/s1. The smallest absolute Gasteiger partial charge is 0.420 e. The van der Waals surface area contributed by atoms with Crippen molar-refractivity contribution in [3.63, 3.8) is 0 Å². The molecule has 0 saturated carbocycles. The van der Waals surface area contributed by atoms with Crippen molar-refractivity contribution < 1.29 is 36.6 Å². The van der Waals surface area contributed by atoms with Gasteiger partial charge in [0, 0.05) is 10.0 Å². The summed E-state index contributed by atoms with van der Waals surface area (Å²) in [5.74, 6) is -7.76. The molecule has 0 radical (unpaired) electrons. The van der Waals surface area contributed by atoms with Gasteiger partial charge in [-0.15, -0.1) is 0 Å². The van der Waals surface area contributed by atoms with Gasteiger partial charge < -0.3 is 15.6 Å². The van der Waals surface area contributed by atoms with Crippen LogP contribution in [0.5, 0.6) is 5.75 Å². The molecule has 124 valence electrons. The van der Waals surface area contributed by atoms with Crippen molar-refractivity contribution in [2.75, 3.05) is 6.61 Å². The second-order valence-corrected chi connectivity index (χ2v) is 5.13. The first kappa shape index (κ1) is 18.6. The predicted octanol–water partition coefficient (Wildman–Crippen LogP) is 3.37. The first-order valence-corrected chi connectivity index (χ1v) is 6.62. The Morgan fingerprint density at radius 1 is 1.36 bits per heavy atom. The van der Waals surface area contributed by atoms with Gasteiger partial charge >= 0.3 is 18.1 Å². The van der Waals surface area contributed by atoms with Gasteiger partial charge in [0.05, 0.1) is 12.2 Å². The molecule has 0 spiro atoms. The van der Waals surface area contributed by atoms with Crippen LogP contribution in [0.1, 0.15) is 24.1 Å². The number of hydrogen-bond acceptors (Lipinski definition) is 4. The van der Waals surface area contributed by atoms with Gasteiger partial charge in [-0.25, -0.2) is 4.79 Å². The second-order valence-electron chi connectivity index (χ2n) is 4.21. The monoisotopic (exact) mass is 391 g/mol. The van der Waals surface area contributed by atoms with Crippen LogP contribution in [0.4, 0.5) is 22.0 Å². The molecule has 1 rings (SSSR count). The zero-order valence-electron chi connectivity index (χ0n) is 11.0. The number of carbonyl (C=O) groups is 1. The lowest BCUT2D eigenvalue weighted by Crippen LogP contribution is -2.41. The molecule has 0 unspecified atom stereocenters. The van der Waals surface area contributed by atoms with E-state index in [1.165, 1.54) is 6.92 Å². The number of benzene rings is 1.